The molecule has 1 aromatic rings. The summed E-state index contributed by atoms with van der Waals surface area (Å²) in [4.78, 5) is 35.9. The molecule has 0 radical (unpaired) electrons. The molecule has 158 valence electrons. The van der Waals surface area contributed by atoms with Gasteiger partial charge in [0.05, 0.1) is 15.5 Å². The van der Waals surface area contributed by atoms with Crippen LogP contribution >= 0.6 is 11.6 Å². The van der Waals surface area contributed by atoms with Gasteiger partial charge in [-0.3, -0.25) is 19.8 Å². The van der Waals surface area contributed by atoms with Gasteiger partial charge in [0.15, 0.2) is 0 Å². The van der Waals surface area contributed by atoms with Crippen molar-refractivity contribution in [3.05, 3.63) is 32.8 Å². The third-order valence-corrected chi connectivity index (χ3v) is 5.48. The SMILES string of the molecule is O=C1NC2(CCCC2)C(=O)N1CCCNc1cc(Cl)c(C(F)(F)F)cc1[N+](=O)[O-]. The van der Waals surface area contributed by atoms with E-state index in [4.69, 9.17) is 11.6 Å². The number of nitro benzene ring substituents is 1. The lowest BCUT2D eigenvalue weighted by Gasteiger charge is -2.20. The second kappa shape index (κ2) is 7.69. The van der Waals surface area contributed by atoms with Crippen LogP contribution in [0.1, 0.15) is 37.7 Å². The number of anilines is 1. The van der Waals surface area contributed by atoms with Crippen molar-refractivity contribution in [3.63, 3.8) is 0 Å². The van der Waals surface area contributed by atoms with Gasteiger partial charge < -0.3 is 10.6 Å². The number of urea groups is 1. The van der Waals surface area contributed by atoms with Crippen LogP contribution < -0.4 is 10.6 Å². The molecule has 1 aliphatic heterocycles. The molecule has 29 heavy (non-hydrogen) atoms. The van der Waals surface area contributed by atoms with E-state index in [9.17, 15) is 32.9 Å². The largest absolute Gasteiger partial charge is 0.418 e. The summed E-state index contributed by atoms with van der Waals surface area (Å²) in [6.07, 6.45) is -1.64. The minimum atomic E-state index is -4.82. The van der Waals surface area contributed by atoms with Crippen LogP contribution in [0.4, 0.5) is 29.3 Å². The Balaban J connectivity index is 1.63. The second-order valence-corrected chi connectivity index (χ2v) is 7.47. The number of nitrogens with one attached hydrogen (secondary N) is 2. The number of rotatable bonds is 6. The van der Waals surface area contributed by atoms with Crippen molar-refractivity contribution in [2.24, 2.45) is 0 Å². The van der Waals surface area contributed by atoms with Crippen LogP contribution in [0.3, 0.4) is 0 Å². The number of imide groups is 1. The van der Waals surface area contributed by atoms with Crippen molar-refractivity contribution in [2.75, 3.05) is 18.4 Å². The molecule has 12 heteroatoms. The van der Waals surface area contributed by atoms with Gasteiger partial charge in [-0.15, -0.1) is 0 Å². The molecule has 0 unspecified atom stereocenters. The number of nitro groups is 1. The zero-order valence-electron chi connectivity index (χ0n) is 15.1. The first kappa shape index (κ1) is 21.2. The Morgan fingerprint density at radius 3 is 2.52 bits per heavy atom. The normalized spacial score (nSPS) is 18.4. The Hall–Kier alpha value is -2.56. The molecule has 1 saturated carbocycles. The van der Waals surface area contributed by atoms with Crippen molar-refractivity contribution in [1.29, 1.82) is 0 Å². The average molecular weight is 435 g/mol. The maximum Gasteiger partial charge on any atom is 0.418 e. The molecule has 1 aliphatic carbocycles. The smallest absolute Gasteiger partial charge is 0.379 e. The summed E-state index contributed by atoms with van der Waals surface area (Å²) in [6.45, 7) is 0.175. The Kier molecular flexibility index (Phi) is 5.61. The Bertz CT molecular complexity index is 856. The number of amides is 3. The molecule has 2 aliphatic rings. The third-order valence-electron chi connectivity index (χ3n) is 5.16. The van der Waals surface area contributed by atoms with Crippen LogP contribution in [0, 0.1) is 10.1 Å². The zero-order valence-corrected chi connectivity index (χ0v) is 15.9. The fraction of sp³-hybridized carbons (Fsp3) is 0.529. The lowest BCUT2D eigenvalue weighted by atomic mass is 9.98. The molecular formula is C17H18ClF3N4O4. The lowest BCUT2D eigenvalue weighted by molar-refractivity contribution is -0.384. The highest BCUT2D eigenvalue weighted by molar-refractivity contribution is 6.31. The summed E-state index contributed by atoms with van der Waals surface area (Å²) in [7, 11) is 0. The predicted octanol–water partition coefficient (Wildman–Crippen LogP) is 3.93. The molecule has 1 aromatic carbocycles. The van der Waals surface area contributed by atoms with E-state index in [0.717, 1.165) is 23.8 Å². The molecule has 3 amide bonds. The Labute approximate surface area is 168 Å². The van der Waals surface area contributed by atoms with Gasteiger partial charge >= 0.3 is 12.2 Å². The topological polar surface area (TPSA) is 105 Å². The van der Waals surface area contributed by atoms with Crippen LogP contribution in [-0.4, -0.2) is 40.4 Å². The predicted molar refractivity (Wildman–Crippen MR) is 97.7 cm³/mol. The maximum absolute atomic E-state index is 12.9. The van der Waals surface area contributed by atoms with Gasteiger partial charge in [-0.2, -0.15) is 13.2 Å². The van der Waals surface area contributed by atoms with Crippen molar-refractivity contribution >= 4 is 34.9 Å². The number of carbonyl (C=O) groups excluding carboxylic acids is 2. The van der Waals surface area contributed by atoms with E-state index in [0.29, 0.717) is 18.9 Å². The van der Waals surface area contributed by atoms with E-state index in [2.05, 4.69) is 10.6 Å². The van der Waals surface area contributed by atoms with Crippen LogP contribution in [0.5, 0.6) is 0 Å². The van der Waals surface area contributed by atoms with E-state index in [1.807, 2.05) is 0 Å². The van der Waals surface area contributed by atoms with E-state index in [1.165, 1.54) is 0 Å². The second-order valence-electron chi connectivity index (χ2n) is 7.06. The van der Waals surface area contributed by atoms with Crippen molar-refractivity contribution in [3.8, 4) is 0 Å². The van der Waals surface area contributed by atoms with E-state index < -0.39 is 38.9 Å². The molecule has 3 rings (SSSR count). The van der Waals surface area contributed by atoms with Crippen LogP contribution in [0.25, 0.3) is 0 Å². The lowest BCUT2D eigenvalue weighted by Crippen LogP contribution is -2.44. The minimum Gasteiger partial charge on any atom is -0.379 e. The summed E-state index contributed by atoms with van der Waals surface area (Å²) in [5.41, 5.74) is -3.04. The molecule has 0 atom stereocenters. The molecule has 0 aromatic heterocycles. The summed E-state index contributed by atoms with van der Waals surface area (Å²) in [5, 5.41) is 15.9. The first-order valence-electron chi connectivity index (χ1n) is 8.98. The Morgan fingerprint density at radius 2 is 1.93 bits per heavy atom. The van der Waals surface area contributed by atoms with Gasteiger partial charge in [-0.1, -0.05) is 24.4 Å². The average Bonchev–Trinajstić information content (AvgIpc) is 3.17. The zero-order chi connectivity index (χ0) is 21.4. The van der Waals surface area contributed by atoms with Gasteiger partial charge in [0.1, 0.15) is 11.2 Å². The number of carbonyl (C=O) groups is 2. The molecule has 2 fully saturated rings. The number of nitrogens with zero attached hydrogens (tertiary/aromatic N) is 2. The molecule has 8 nitrogen and oxygen atoms in total. The number of hydrogen-bond acceptors (Lipinski definition) is 5. The fourth-order valence-corrected chi connectivity index (χ4v) is 4.00. The standard InChI is InChI=1S/C17H18ClF3N4O4/c18-11-9-12(13(25(28)29)8-10(11)17(19,20)21)22-6-3-7-24-14(26)16(23-15(24)27)4-1-2-5-16/h8-9,22H,1-7H2,(H,23,27). The van der Waals surface area contributed by atoms with Crippen LogP contribution in [0.15, 0.2) is 12.1 Å². The quantitative estimate of drug-likeness (QED) is 0.305. The molecule has 1 heterocycles. The van der Waals surface area contributed by atoms with Gasteiger partial charge in [0.2, 0.25) is 0 Å². The first-order valence-corrected chi connectivity index (χ1v) is 9.36. The highest BCUT2D eigenvalue weighted by Crippen LogP contribution is 2.40. The van der Waals surface area contributed by atoms with Gasteiger partial charge in [0, 0.05) is 19.2 Å². The number of alkyl halides is 3. The third kappa shape index (κ3) is 4.09. The molecular weight excluding hydrogens is 417 g/mol. The fourth-order valence-electron chi connectivity index (χ4n) is 3.73. The number of halogens is 4. The van der Waals surface area contributed by atoms with Crippen LogP contribution in [0.2, 0.25) is 5.02 Å². The van der Waals surface area contributed by atoms with E-state index in [-0.39, 0.29) is 31.1 Å². The van der Waals surface area contributed by atoms with Crippen molar-refractivity contribution in [1.82, 2.24) is 10.2 Å². The highest BCUT2D eigenvalue weighted by Gasteiger charge is 2.52. The monoisotopic (exact) mass is 434 g/mol. The minimum absolute atomic E-state index is 0.0849. The van der Waals surface area contributed by atoms with E-state index >= 15 is 0 Å². The van der Waals surface area contributed by atoms with Crippen molar-refractivity contribution < 1.29 is 27.7 Å². The summed E-state index contributed by atoms with van der Waals surface area (Å²) in [6, 6.07) is 0.760. The molecule has 1 saturated heterocycles. The number of benzene rings is 1. The van der Waals surface area contributed by atoms with Gasteiger partial charge in [0.25, 0.3) is 11.6 Å². The van der Waals surface area contributed by atoms with Gasteiger partial charge in [-0.05, 0) is 25.3 Å². The maximum atomic E-state index is 12.9. The van der Waals surface area contributed by atoms with E-state index in [1.54, 1.807) is 0 Å². The van der Waals surface area contributed by atoms with Gasteiger partial charge in [-0.25, -0.2) is 4.79 Å². The summed E-state index contributed by atoms with van der Waals surface area (Å²) >= 11 is 5.63. The highest BCUT2D eigenvalue weighted by atomic mass is 35.5. The van der Waals surface area contributed by atoms with Crippen molar-refractivity contribution in [2.45, 2.75) is 43.8 Å². The first-order chi connectivity index (χ1) is 13.5. The molecule has 2 N–H and O–H groups in total. The number of hydrogen-bond donors (Lipinski definition) is 2. The Morgan fingerprint density at radius 1 is 1.28 bits per heavy atom. The summed E-state index contributed by atoms with van der Waals surface area (Å²) < 4.78 is 38.7. The summed E-state index contributed by atoms with van der Waals surface area (Å²) in [5.74, 6) is -0.274. The van der Waals surface area contributed by atoms with Crippen LogP contribution in [-0.2, 0) is 11.0 Å². The molecule has 0 bridgehead atoms. The molecule has 1 spiro atoms.